The predicted octanol–water partition coefficient (Wildman–Crippen LogP) is 3.36. The average Bonchev–Trinajstić information content (AvgIpc) is 3.18. The third kappa shape index (κ3) is 6.50. The van der Waals surface area contributed by atoms with Crippen molar-refractivity contribution in [3.8, 4) is 0 Å². The molecule has 0 saturated heterocycles. The van der Waals surface area contributed by atoms with E-state index >= 15 is 0 Å². The van der Waals surface area contributed by atoms with Crippen molar-refractivity contribution in [1.29, 1.82) is 0 Å². The summed E-state index contributed by atoms with van der Waals surface area (Å²) in [6, 6.07) is -0.303. The van der Waals surface area contributed by atoms with Crippen molar-refractivity contribution in [1.82, 2.24) is 5.32 Å². The Labute approximate surface area is 155 Å². The van der Waals surface area contributed by atoms with Gasteiger partial charge in [-0.25, -0.2) is 4.79 Å². The van der Waals surface area contributed by atoms with Gasteiger partial charge >= 0.3 is 18.0 Å². The Balaban J connectivity index is 2.81. The molecule has 0 bridgehead atoms. The molecule has 1 saturated carbocycles. The molecule has 0 radical (unpaired) electrons. The van der Waals surface area contributed by atoms with Crippen LogP contribution >= 0.6 is 0 Å². The summed E-state index contributed by atoms with van der Waals surface area (Å²) in [5.41, 5.74) is -1.61. The van der Waals surface area contributed by atoms with E-state index in [0.29, 0.717) is 12.8 Å². The summed E-state index contributed by atoms with van der Waals surface area (Å²) in [5, 5.41) is 12.6. The number of nitrogens with one attached hydrogen (secondary N) is 1. The van der Waals surface area contributed by atoms with Gasteiger partial charge in [-0.15, -0.1) is 0 Å². The Kier molecular flexibility index (Phi) is 7.47. The lowest BCUT2D eigenvalue weighted by molar-refractivity contribution is -0.147. The van der Waals surface area contributed by atoms with Gasteiger partial charge in [0.15, 0.2) is 0 Å². The first-order valence-electron chi connectivity index (χ1n) is 9.29. The van der Waals surface area contributed by atoms with E-state index in [0.717, 1.165) is 0 Å². The molecule has 1 rings (SSSR count). The molecule has 7 heteroatoms. The van der Waals surface area contributed by atoms with Gasteiger partial charge in [0.25, 0.3) is 0 Å². The first-order chi connectivity index (χ1) is 11.9. The lowest BCUT2D eigenvalue weighted by Crippen LogP contribution is -2.42. The van der Waals surface area contributed by atoms with Crippen LogP contribution in [0.25, 0.3) is 0 Å². The summed E-state index contributed by atoms with van der Waals surface area (Å²) in [6.45, 7) is 11.4. The molecule has 1 aliphatic carbocycles. The molecule has 2 N–H and O–H groups in total. The Morgan fingerprint density at radius 2 is 1.88 bits per heavy atom. The van der Waals surface area contributed by atoms with Crippen molar-refractivity contribution in [2.24, 2.45) is 17.3 Å². The van der Waals surface area contributed by atoms with Crippen LogP contribution in [0.1, 0.15) is 67.2 Å². The summed E-state index contributed by atoms with van der Waals surface area (Å²) in [4.78, 5) is 35.7. The molecule has 3 atom stereocenters. The first kappa shape index (κ1) is 22.3. The number of hydrogen-bond donors (Lipinski definition) is 2. The number of aliphatic carboxylic acids is 1. The number of carboxylic acids is 1. The standard InChI is InChI=1S/C19H33NO6/c1-7-25-15(21)8-9-19(16(22)23)11-13(19)14(10-12(2)3)20-17(24)26-18(4,5)6/h12-14H,7-11H2,1-6H3,(H,20,24)(H,22,23)/t13-,14+,19-/m1/s1. The Bertz CT molecular complexity index is 525. The van der Waals surface area contributed by atoms with E-state index in [1.807, 2.05) is 13.8 Å². The lowest BCUT2D eigenvalue weighted by Gasteiger charge is -2.26. The molecule has 1 amide bonds. The quantitative estimate of drug-likeness (QED) is 0.603. The number of rotatable bonds is 9. The zero-order chi connectivity index (χ0) is 20.1. The van der Waals surface area contributed by atoms with E-state index in [1.165, 1.54) is 0 Å². The van der Waals surface area contributed by atoms with Gasteiger partial charge in [0.2, 0.25) is 0 Å². The zero-order valence-electron chi connectivity index (χ0n) is 16.8. The minimum absolute atomic E-state index is 0.0669. The van der Waals surface area contributed by atoms with Crippen molar-refractivity contribution in [2.45, 2.75) is 78.9 Å². The van der Waals surface area contributed by atoms with Gasteiger partial charge in [-0.05, 0) is 58.8 Å². The predicted molar refractivity (Wildman–Crippen MR) is 96.7 cm³/mol. The highest BCUT2D eigenvalue weighted by molar-refractivity contribution is 5.80. The van der Waals surface area contributed by atoms with E-state index in [4.69, 9.17) is 9.47 Å². The topological polar surface area (TPSA) is 102 Å². The molecule has 0 aromatic heterocycles. The summed E-state index contributed by atoms with van der Waals surface area (Å²) in [5.74, 6) is -1.25. The fourth-order valence-corrected chi connectivity index (χ4v) is 3.35. The first-order valence-corrected chi connectivity index (χ1v) is 9.29. The maximum Gasteiger partial charge on any atom is 0.407 e. The van der Waals surface area contributed by atoms with E-state index in [2.05, 4.69) is 5.32 Å². The molecular formula is C19H33NO6. The monoisotopic (exact) mass is 371 g/mol. The largest absolute Gasteiger partial charge is 0.481 e. The summed E-state index contributed by atoms with van der Waals surface area (Å²) in [7, 11) is 0. The average molecular weight is 371 g/mol. The third-order valence-electron chi connectivity index (χ3n) is 4.55. The lowest BCUT2D eigenvalue weighted by atomic mass is 9.90. The second-order valence-electron chi connectivity index (χ2n) is 8.46. The molecule has 150 valence electrons. The Morgan fingerprint density at radius 1 is 1.27 bits per heavy atom. The van der Waals surface area contributed by atoms with E-state index in [9.17, 15) is 19.5 Å². The summed E-state index contributed by atoms with van der Waals surface area (Å²) in [6.07, 6.45) is 0.834. The molecule has 1 fully saturated rings. The fourth-order valence-electron chi connectivity index (χ4n) is 3.35. The van der Waals surface area contributed by atoms with Crippen LogP contribution in [0.5, 0.6) is 0 Å². The molecule has 0 aromatic carbocycles. The van der Waals surface area contributed by atoms with Gasteiger partial charge in [-0.3, -0.25) is 9.59 Å². The van der Waals surface area contributed by atoms with Crippen LogP contribution in [0.2, 0.25) is 0 Å². The minimum atomic E-state index is -0.985. The van der Waals surface area contributed by atoms with Crippen molar-refractivity contribution in [3.63, 3.8) is 0 Å². The number of amides is 1. The van der Waals surface area contributed by atoms with Gasteiger partial charge in [-0.1, -0.05) is 13.8 Å². The van der Waals surface area contributed by atoms with Crippen LogP contribution in [-0.2, 0) is 19.1 Å². The number of carbonyl (C=O) groups excluding carboxylic acids is 2. The van der Waals surface area contributed by atoms with Crippen LogP contribution in [0.3, 0.4) is 0 Å². The van der Waals surface area contributed by atoms with Crippen LogP contribution in [0.4, 0.5) is 4.79 Å². The number of carboxylic acid groups (broad SMARTS) is 1. The van der Waals surface area contributed by atoms with Crippen molar-refractivity contribution in [2.75, 3.05) is 6.61 Å². The smallest absolute Gasteiger partial charge is 0.407 e. The maximum atomic E-state index is 12.2. The van der Waals surface area contributed by atoms with E-state index in [-0.39, 0.29) is 43.3 Å². The van der Waals surface area contributed by atoms with E-state index in [1.54, 1.807) is 27.7 Å². The molecular weight excluding hydrogens is 338 g/mol. The van der Waals surface area contributed by atoms with Gasteiger partial charge < -0.3 is 19.9 Å². The van der Waals surface area contributed by atoms with Crippen molar-refractivity contribution < 1.29 is 29.0 Å². The zero-order valence-corrected chi connectivity index (χ0v) is 16.8. The SMILES string of the molecule is CCOC(=O)CC[C@@]1(C(=O)O)C[C@@H]1[C@H](CC(C)C)NC(=O)OC(C)(C)C. The van der Waals surface area contributed by atoms with Crippen LogP contribution in [-0.4, -0.2) is 41.4 Å². The van der Waals surface area contributed by atoms with Gasteiger partial charge in [-0.2, -0.15) is 0 Å². The molecule has 0 spiro atoms. The number of carbonyl (C=O) groups is 3. The normalized spacial score (nSPS) is 23.3. The molecule has 26 heavy (non-hydrogen) atoms. The van der Waals surface area contributed by atoms with Crippen LogP contribution in [0.15, 0.2) is 0 Å². The molecule has 7 nitrogen and oxygen atoms in total. The highest BCUT2D eigenvalue weighted by Crippen LogP contribution is 2.58. The minimum Gasteiger partial charge on any atom is -0.481 e. The van der Waals surface area contributed by atoms with Crippen LogP contribution < -0.4 is 5.32 Å². The van der Waals surface area contributed by atoms with Crippen molar-refractivity contribution in [3.05, 3.63) is 0 Å². The number of esters is 1. The molecule has 0 unspecified atom stereocenters. The number of hydrogen-bond acceptors (Lipinski definition) is 5. The third-order valence-corrected chi connectivity index (χ3v) is 4.55. The molecule has 1 aliphatic rings. The summed E-state index contributed by atoms with van der Waals surface area (Å²) >= 11 is 0. The second-order valence-corrected chi connectivity index (χ2v) is 8.46. The molecule has 0 aromatic rings. The van der Waals surface area contributed by atoms with Crippen LogP contribution in [0, 0.1) is 17.3 Å². The maximum absolute atomic E-state index is 12.2. The highest BCUT2D eigenvalue weighted by Gasteiger charge is 2.63. The van der Waals surface area contributed by atoms with E-state index < -0.39 is 23.1 Å². The van der Waals surface area contributed by atoms with Gasteiger partial charge in [0.05, 0.1) is 12.0 Å². The van der Waals surface area contributed by atoms with Gasteiger partial charge in [0.1, 0.15) is 5.60 Å². The highest BCUT2D eigenvalue weighted by atomic mass is 16.6. The Morgan fingerprint density at radius 3 is 2.35 bits per heavy atom. The van der Waals surface area contributed by atoms with Gasteiger partial charge in [0, 0.05) is 12.5 Å². The second kappa shape index (κ2) is 8.73. The summed E-state index contributed by atoms with van der Waals surface area (Å²) < 4.78 is 10.2. The van der Waals surface area contributed by atoms with Crippen molar-refractivity contribution >= 4 is 18.0 Å². The number of alkyl carbamates (subject to hydrolysis) is 1. The molecule has 0 heterocycles. The number of ether oxygens (including phenoxy) is 2. The Hall–Kier alpha value is -1.79. The molecule has 0 aliphatic heterocycles. The fraction of sp³-hybridized carbons (Fsp3) is 0.842.